The molecule has 1 aromatic heterocycles. The number of hydrogen-bond donors (Lipinski definition) is 0. The fourth-order valence-corrected chi connectivity index (χ4v) is 3.13. The van der Waals surface area contributed by atoms with E-state index >= 15 is 0 Å². The van der Waals surface area contributed by atoms with Crippen molar-refractivity contribution in [3.63, 3.8) is 0 Å². The van der Waals surface area contributed by atoms with Gasteiger partial charge in [-0.15, -0.1) is 0 Å². The molecule has 1 amide bonds. The summed E-state index contributed by atoms with van der Waals surface area (Å²) >= 11 is 5.79. The molecule has 1 unspecified atom stereocenters. The van der Waals surface area contributed by atoms with Gasteiger partial charge in [-0.25, -0.2) is 8.78 Å². The zero-order valence-electron chi connectivity index (χ0n) is 13.3. The van der Waals surface area contributed by atoms with Gasteiger partial charge in [-0.2, -0.15) is 4.98 Å². The SMILES string of the molecule is O=C1CC(c2noc(-c3ccccc3F)n2)CN1c1cccc(Cl)c1F. The number of carbonyl (C=O) groups is 1. The topological polar surface area (TPSA) is 59.2 Å². The van der Waals surface area contributed by atoms with Crippen molar-refractivity contribution in [3.8, 4) is 11.5 Å². The van der Waals surface area contributed by atoms with E-state index in [2.05, 4.69) is 10.1 Å². The minimum absolute atomic E-state index is 0.0398. The Morgan fingerprint density at radius 3 is 2.77 bits per heavy atom. The number of benzene rings is 2. The second-order valence-electron chi connectivity index (χ2n) is 5.92. The van der Waals surface area contributed by atoms with Crippen molar-refractivity contribution in [2.45, 2.75) is 12.3 Å². The van der Waals surface area contributed by atoms with Crippen molar-refractivity contribution < 1.29 is 18.1 Å². The molecule has 4 rings (SSSR count). The normalized spacial score (nSPS) is 17.1. The van der Waals surface area contributed by atoms with Crippen LogP contribution in [-0.2, 0) is 4.79 Å². The van der Waals surface area contributed by atoms with Crippen LogP contribution in [0.1, 0.15) is 18.2 Å². The molecule has 2 aromatic carbocycles. The van der Waals surface area contributed by atoms with Crippen LogP contribution in [0.25, 0.3) is 11.5 Å². The average molecular weight is 376 g/mol. The van der Waals surface area contributed by atoms with E-state index in [0.717, 1.165) is 0 Å². The van der Waals surface area contributed by atoms with Gasteiger partial charge in [0, 0.05) is 18.9 Å². The number of aromatic nitrogens is 2. The van der Waals surface area contributed by atoms with Gasteiger partial charge in [0.2, 0.25) is 5.91 Å². The van der Waals surface area contributed by atoms with Gasteiger partial charge < -0.3 is 9.42 Å². The molecule has 3 aromatic rings. The summed E-state index contributed by atoms with van der Waals surface area (Å²) in [6, 6.07) is 10.5. The van der Waals surface area contributed by atoms with Crippen molar-refractivity contribution in [1.82, 2.24) is 10.1 Å². The second-order valence-corrected chi connectivity index (χ2v) is 6.32. The van der Waals surface area contributed by atoms with Crippen LogP contribution in [0.3, 0.4) is 0 Å². The van der Waals surface area contributed by atoms with E-state index < -0.39 is 11.6 Å². The maximum atomic E-state index is 14.2. The first-order valence-corrected chi connectivity index (χ1v) is 8.25. The molecule has 0 saturated carbocycles. The minimum Gasteiger partial charge on any atom is -0.334 e. The maximum Gasteiger partial charge on any atom is 0.260 e. The van der Waals surface area contributed by atoms with Gasteiger partial charge in [-0.1, -0.05) is 35.0 Å². The monoisotopic (exact) mass is 375 g/mol. The van der Waals surface area contributed by atoms with Crippen LogP contribution >= 0.6 is 11.6 Å². The van der Waals surface area contributed by atoms with Gasteiger partial charge in [0.15, 0.2) is 11.6 Å². The molecule has 26 heavy (non-hydrogen) atoms. The lowest BCUT2D eigenvalue weighted by molar-refractivity contribution is -0.117. The lowest BCUT2D eigenvalue weighted by atomic mass is 10.1. The Labute approximate surface area is 152 Å². The predicted molar refractivity (Wildman–Crippen MR) is 90.8 cm³/mol. The van der Waals surface area contributed by atoms with Crippen LogP contribution in [0, 0.1) is 11.6 Å². The third-order valence-electron chi connectivity index (χ3n) is 4.26. The van der Waals surface area contributed by atoms with E-state index in [1.165, 1.54) is 29.2 Å². The highest BCUT2D eigenvalue weighted by Gasteiger charge is 2.36. The van der Waals surface area contributed by atoms with E-state index in [-0.39, 0.29) is 52.8 Å². The molecule has 1 aliphatic heterocycles. The molecule has 0 N–H and O–H groups in total. The van der Waals surface area contributed by atoms with Gasteiger partial charge in [0.1, 0.15) is 5.82 Å². The molecular formula is C18H12ClF2N3O2. The number of amides is 1. The van der Waals surface area contributed by atoms with Crippen LogP contribution in [-0.4, -0.2) is 22.6 Å². The zero-order chi connectivity index (χ0) is 18.3. The van der Waals surface area contributed by atoms with Crippen LogP contribution in [0.2, 0.25) is 5.02 Å². The number of halogens is 3. The Balaban J connectivity index is 1.60. The number of anilines is 1. The Morgan fingerprint density at radius 1 is 1.15 bits per heavy atom. The van der Waals surface area contributed by atoms with E-state index in [1.54, 1.807) is 18.2 Å². The van der Waals surface area contributed by atoms with Gasteiger partial charge in [-0.05, 0) is 24.3 Å². The summed E-state index contributed by atoms with van der Waals surface area (Å²) < 4.78 is 33.2. The Hall–Kier alpha value is -2.80. The highest BCUT2D eigenvalue weighted by Crippen LogP contribution is 2.34. The Morgan fingerprint density at radius 2 is 1.96 bits per heavy atom. The van der Waals surface area contributed by atoms with Crippen molar-refractivity contribution >= 4 is 23.2 Å². The van der Waals surface area contributed by atoms with E-state index in [1.807, 2.05) is 0 Å². The molecule has 1 fully saturated rings. The summed E-state index contributed by atoms with van der Waals surface area (Å²) in [7, 11) is 0. The molecule has 1 atom stereocenters. The number of hydrogen-bond acceptors (Lipinski definition) is 4. The third kappa shape index (κ3) is 2.84. The van der Waals surface area contributed by atoms with Crippen LogP contribution in [0.4, 0.5) is 14.5 Å². The van der Waals surface area contributed by atoms with Crippen LogP contribution < -0.4 is 4.90 Å². The summed E-state index contributed by atoms with van der Waals surface area (Å²) in [6.07, 6.45) is 0.0994. The van der Waals surface area contributed by atoms with Gasteiger partial charge in [0.05, 0.1) is 16.3 Å². The van der Waals surface area contributed by atoms with Gasteiger partial charge >= 0.3 is 0 Å². The Bertz CT molecular complexity index is 992. The van der Waals surface area contributed by atoms with E-state index in [9.17, 15) is 13.6 Å². The van der Waals surface area contributed by atoms with Gasteiger partial charge in [-0.3, -0.25) is 4.79 Å². The molecule has 132 valence electrons. The first-order chi connectivity index (χ1) is 12.5. The summed E-state index contributed by atoms with van der Waals surface area (Å²) in [5, 5.41) is 3.81. The van der Waals surface area contributed by atoms with E-state index in [0.29, 0.717) is 0 Å². The largest absolute Gasteiger partial charge is 0.334 e. The van der Waals surface area contributed by atoms with Gasteiger partial charge in [0.25, 0.3) is 5.89 Å². The predicted octanol–water partition coefficient (Wildman–Crippen LogP) is 4.19. The summed E-state index contributed by atoms with van der Waals surface area (Å²) in [4.78, 5) is 17.8. The highest BCUT2D eigenvalue weighted by molar-refractivity contribution is 6.31. The zero-order valence-corrected chi connectivity index (χ0v) is 14.1. The molecular weight excluding hydrogens is 364 g/mol. The number of carbonyl (C=O) groups excluding carboxylic acids is 1. The standard InChI is InChI=1S/C18H12ClF2N3O2/c19-12-5-3-7-14(16(12)21)24-9-10(8-15(24)25)17-22-18(26-23-17)11-4-1-2-6-13(11)20/h1-7,10H,8-9H2. The molecule has 2 heterocycles. The Kier molecular flexibility index (Phi) is 4.16. The summed E-state index contributed by atoms with van der Waals surface area (Å²) in [5.74, 6) is -1.46. The van der Waals surface area contributed by atoms with Crippen LogP contribution in [0.5, 0.6) is 0 Å². The molecule has 1 saturated heterocycles. The lowest BCUT2D eigenvalue weighted by Crippen LogP contribution is -2.25. The van der Waals surface area contributed by atoms with Crippen LogP contribution in [0.15, 0.2) is 47.0 Å². The molecule has 5 nitrogen and oxygen atoms in total. The van der Waals surface area contributed by atoms with Crippen molar-refractivity contribution in [2.24, 2.45) is 0 Å². The van der Waals surface area contributed by atoms with E-state index in [4.69, 9.17) is 16.1 Å². The van der Waals surface area contributed by atoms with Crippen molar-refractivity contribution in [2.75, 3.05) is 11.4 Å². The second kappa shape index (κ2) is 6.49. The third-order valence-corrected chi connectivity index (χ3v) is 4.55. The minimum atomic E-state index is -0.650. The average Bonchev–Trinajstić information content (AvgIpc) is 3.25. The fourth-order valence-electron chi connectivity index (χ4n) is 2.96. The highest BCUT2D eigenvalue weighted by atomic mass is 35.5. The molecule has 0 radical (unpaired) electrons. The number of rotatable bonds is 3. The molecule has 0 aliphatic carbocycles. The molecule has 8 heteroatoms. The molecule has 1 aliphatic rings. The van der Waals surface area contributed by atoms with Crippen molar-refractivity contribution in [3.05, 3.63) is 64.9 Å². The quantitative estimate of drug-likeness (QED) is 0.688. The van der Waals surface area contributed by atoms with Crippen molar-refractivity contribution in [1.29, 1.82) is 0 Å². The lowest BCUT2D eigenvalue weighted by Gasteiger charge is -2.17. The summed E-state index contributed by atoms with van der Waals surface area (Å²) in [6.45, 7) is 0.187. The smallest absolute Gasteiger partial charge is 0.260 e. The molecule has 0 bridgehead atoms. The molecule has 0 spiro atoms. The fraction of sp³-hybridized carbons (Fsp3) is 0.167. The first-order valence-electron chi connectivity index (χ1n) is 7.87. The maximum absolute atomic E-state index is 14.2. The number of nitrogens with zero attached hydrogens (tertiary/aromatic N) is 3. The first kappa shape index (κ1) is 16.7. The summed E-state index contributed by atoms with van der Waals surface area (Å²) in [5.41, 5.74) is 0.302.